The SMILES string of the molecule is CC(C)C1(C(=O)NC(c2ccccc2)C2CC2)CCNC1. The van der Waals surface area contributed by atoms with Gasteiger partial charge in [0.25, 0.3) is 0 Å². The van der Waals surface area contributed by atoms with Crippen LogP contribution in [0.15, 0.2) is 30.3 Å². The molecule has 3 nitrogen and oxygen atoms in total. The first-order valence-electron chi connectivity index (χ1n) is 8.20. The molecule has 3 rings (SSSR count). The molecule has 2 fully saturated rings. The number of benzene rings is 1. The van der Waals surface area contributed by atoms with Crippen molar-refractivity contribution in [2.45, 2.75) is 39.2 Å². The molecule has 0 spiro atoms. The number of hydrogen-bond donors (Lipinski definition) is 2. The summed E-state index contributed by atoms with van der Waals surface area (Å²) in [5.74, 6) is 1.22. The first-order chi connectivity index (χ1) is 10.1. The van der Waals surface area contributed by atoms with Crippen molar-refractivity contribution in [2.75, 3.05) is 13.1 Å². The predicted octanol–water partition coefficient (Wildman–Crippen LogP) is 2.89. The summed E-state index contributed by atoms with van der Waals surface area (Å²) < 4.78 is 0. The van der Waals surface area contributed by atoms with Crippen LogP contribution >= 0.6 is 0 Å². The topological polar surface area (TPSA) is 41.1 Å². The van der Waals surface area contributed by atoms with E-state index in [1.54, 1.807) is 0 Å². The van der Waals surface area contributed by atoms with Crippen molar-refractivity contribution in [1.82, 2.24) is 10.6 Å². The molecule has 0 radical (unpaired) electrons. The van der Waals surface area contributed by atoms with Gasteiger partial charge in [-0.15, -0.1) is 0 Å². The number of amides is 1. The first kappa shape index (κ1) is 14.6. The highest BCUT2D eigenvalue weighted by Crippen LogP contribution is 2.42. The van der Waals surface area contributed by atoms with E-state index in [9.17, 15) is 4.79 Å². The van der Waals surface area contributed by atoms with Gasteiger partial charge in [-0.25, -0.2) is 0 Å². The summed E-state index contributed by atoms with van der Waals surface area (Å²) >= 11 is 0. The number of nitrogens with one attached hydrogen (secondary N) is 2. The van der Waals surface area contributed by atoms with Gasteiger partial charge in [0.2, 0.25) is 5.91 Å². The van der Waals surface area contributed by atoms with E-state index >= 15 is 0 Å². The van der Waals surface area contributed by atoms with Gasteiger partial charge in [-0.3, -0.25) is 4.79 Å². The van der Waals surface area contributed by atoms with E-state index in [1.807, 2.05) is 6.07 Å². The van der Waals surface area contributed by atoms with Crippen LogP contribution in [0.3, 0.4) is 0 Å². The Kier molecular flexibility index (Phi) is 4.03. The van der Waals surface area contributed by atoms with Crippen LogP contribution in [0.25, 0.3) is 0 Å². The van der Waals surface area contributed by atoms with E-state index in [1.165, 1.54) is 18.4 Å². The van der Waals surface area contributed by atoms with Crippen molar-refractivity contribution in [3.05, 3.63) is 35.9 Å². The predicted molar refractivity (Wildman–Crippen MR) is 84.8 cm³/mol. The van der Waals surface area contributed by atoms with Gasteiger partial charge in [-0.1, -0.05) is 44.2 Å². The molecule has 3 heteroatoms. The molecule has 1 aromatic carbocycles. The van der Waals surface area contributed by atoms with E-state index in [0.717, 1.165) is 19.5 Å². The molecule has 0 bridgehead atoms. The summed E-state index contributed by atoms with van der Waals surface area (Å²) in [7, 11) is 0. The molecule has 2 atom stereocenters. The fourth-order valence-electron chi connectivity index (χ4n) is 3.51. The van der Waals surface area contributed by atoms with Crippen molar-refractivity contribution in [3.8, 4) is 0 Å². The van der Waals surface area contributed by atoms with Gasteiger partial charge >= 0.3 is 0 Å². The Morgan fingerprint density at radius 1 is 1.29 bits per heavy atom. The normalized spacial score (nSPS) is 26.8. The van der Waals surface area contributed by atoms with Crippen molar-refractivity contribution < 1.29 is 4.79 Å². The fourth-order valence-corrected chi connectivity index (χ4v) is 3.51. The molecule has 2 N–H and O–H groups in total. The molecule has 21 heavy (non-hydrogen) atoms. The van der Waals surface area contributed by atoms with Gasteiger partial charge in [0.05, 0.1) is 11.5 Å². The summed E-state index contributed by atoms with van der Waals surface area (Å²) in [6.07, 6.45) is 3.40. The molecule has 2 unspecified atom stereocenters. The molecule has 0 aromatic heterocycles. The fraction of sp³-hybridized carbons (Fsp3) is 0.611. The Bertz CT molecular complexity index is 487. The van der Waals surface area contributed by atoms with Crippen LogP contribution in [0.4, 0.5) is 0 Å². The highest BCUT2D eigenvalue weighted by Gasteiger charge is 2.45. The van der Waals surface area contributed by atoms with E-state index in [4.69, 9.17) is 0 Å². The second kappa shape index (κ2) is 5.80. The number of rotatable bonds is 5. The summed E-state index contributed by atoms with van der Waals surface area (Å²) in [4.78, 5) is 13.0. The molecular weight excluding hydrogens is 260 g/mol. The molecular formula is C18H26N2O. The highest BCUT2D eigenvalue weighted by atomic mass is 16.2. The average molecular weight is 286 g/mol. The second-order valence-corrected chi connectivity index (χ2v) is 6.94. The summed E-state index contributed by atoms with van der Waals surface area (Å²) in [5.41, 5.74) is 1.01. The minimum atomic E-state index is -0.234. The highest BCUT2D eigenvalue weighted by molar-refractivity contribution is 5.84. The molecule has 1 aliphatic heterocycles. The molecule has 1 aromatic rings. The van der Waals surface area contributed by atoms with Crippen LogP contribution in [0.2, 0.25) is 0 Å². The van der Waals surface area contributed by atoms with Gasteiger partial charge in [0.15, 0.2) is 0 Å². The van der Waals surface area contributed by atoms with E-state index in [2.05, 4.69) is 48.7 Å². The lowest BCUT2D eigenvalue weighted by atomic mass is 9.75. The van der Waals surface area contributed by atoms with Crippen molar-refractivity contribution in [1.29, 1.82) is 0 Å². The number of carbonyl (C=O) groups is 1. The standard InChI is InChI=1S/C18H26N2O/c1-13(2)18(10-11-19-12-18)17(21)20-16(15-8-9-15)14-6-4-3-5-7-14/h3-7,13,15-16,19H,8-12H2,1-2H3,(H,20,21). The van der Waals surface area contributed by atoms with Crippen molar-refractivity contribution in [2.24, 2.45) is 17.3 Å². The summed E-state index contributed by atoms with van der Waals surface area (Å²) in [6, 6.07) is 10.6. The lowest BCUT2D eigenvalue weighted by Crippen LogP contribution is -2.47. The molecule has 114 valence electrons. The minimum Gasteiger partial charge on any atom is -0.348 e. The molecule has 1 saturated heterocycles. The van der Waals surface area contributed by atoms with Gasteiger partial charge < -0.3 is 10.6 Å². The largest absolute Gasteiger partial charge is 0.348 e. The molecule has 1 aliphatic carbocycles. The summed E-state index contributed by atoms with van der Waals surface area (Å²) in [6.45, 7) is 6.09. The maximum absolute atomic E-state index is 13.0. The zero-order valence-electron chi connectivity index (χ0n) is 13.1. The van der Waals surface area contributed by atoms with Crippen LogP contribution in [0.5, 0.6) is 0 Å². The molecule has 2 aliphatic rings. The monoisotopic (exact) mass is 286 g/mol. The van der Waals surface area contributed by atoms with Crippen LogP contribution < -0.4 is 10.6 Å². The Morgan fingerprint density at radius 2 is 2.00 bits per heavy atom. The van der Waals surface area contributed by atoms with Crippen LogP contribution in [0.1, 0.15) is 44.7 Å². The smallest absolute Gasteiger partial charge is 0.228 e. The van der Waals surface area contributed by atoms with E-state index in [0.29, 0.717) is 11.8 Å². The quantitative estimate of drug-likeness (QED) is 0.874. The Labute approximate surface area is 127 Å². The third-order valence-electron chi connectivity index (χ3n) is 5.28. The molecule has 1 saturated carbocycles. The Morgan fingerprint density at radius 3 is 2.52 bits per heavy atom. The lowest BCUT2D eigenvalue weighted by molar-refractivity contribution is -0.133. The zero-order chi connectivity index (χ0) is 14.9. The lowest BCUT2D eigenvalue weighted by Gasteiger charge is -2.33. The Balaban J connectivity index is 1.78. The number of hydrogen-bond acceptors (Lipinski definition) is 2. The number of carbonyl (C=O) groups excluding carboxylic acids is 1. The van der Waals surface area contributed by atoms with Crippen molar-refractivity contribution in [3.63, 3.8) is 0 Å². The van der Waals surface area contributed by atoms with Crippen LogP contribution in [-0.4, -0.2) is 19.0 Å². The maximum Gasteiger partial charge on any atom is 0.228 e. The zero-order valence-corrected chi connectivity index (χ0v) is 13.1. The molecule has 1 amide bonds. The van der Waals surface area contributed by atoms with Gasteiger partial charge in [0, 0.05) is 6.54 Å². The van der Waals surface area contributed by atoms with Gasteiger partial charge in [-0.2, -0.15) is 0 Å². The third-order valence-corrected chi connectivity index (χ3v) is 5.28. The van der Waals surface area contributed by atoms with Crippen LogP contribution in [0, 0.1) is 17.3 Å². The van der Waals surface area contributed by atoms with Gasteiger partial charge in [0.1, 0.15) is 0 Å². The second-order valence-electron chi connectivity index (χ2n) is 6.94. The minimum absolute atomic E-state index is 0.190. The van der Waals surface area contributed by atoms with Gasteiger partial charge in [-0.05, 0) is 43.2 Å². The van der Waals surface area contributed by atoms with E-state index in [-0.39, 0.29) is 17.4 Å². The molecule has 1 heterocycles. The third kappa shape index (κ3) is 2.84. The van der Waals surface area contributed by atoms with E-state index < -0.39 is 0 Å². The van der Waals surface area contributed by atoms with Crippen molar-refractivity contribution >= 4 is 5.91 Å². The average Bonchev–Trinajstić information content (AvgIpc) is 3.20. The maximum atomic E-state index is 13.0. The first-order valence-corrected chi connectivity index (χ1v) is 8.20. The summed E-state index contributed by atoms with van der Waals surface area (Å²) in [5, 5.41) is 6.75. The van der Waals surface area contributed by atoms with Crippen LogP contribution in [-0.2, 0) is 4.79 Å². The Hall–Kier alpha value is -1.35.